The Hall–Kier alpha value is -4.06. The molecule has 3 heterocycles. The lowest BCUT2D eigenvalue weighted by Gasteiger charge is -2.60. The molecule has 1 aromatic heterocycles. The zero-order chi connectivity index (χ0) is 54.8. The van der Waals surface area contributed by atoms with Crippen LogP contribution in [-0.2, 0) is 32.5 Å². The maximum atomic E-state index is 2.87. The second-order valence-electron chi connectivity index (χ2n) is 32.4. The first kappa shape index (κ1) is 52.6. The molecule has 0 spiro atoms. The van der Waals surface area contributed by atoms with Gasteiger partial charge in [0.05, 0.1) is 13.8 Å². The molecule has 5 aliphatic carbocycles. The summed E-state index contributed by atoms with van der Waals surface area (Å²) in [5, 5.41) is 1.52. The van der Waals surface area contributed by atoms with Gasteiger partial charge in [-0.25, -0.2) is 0 Å². The van der Waals surface area contributed by atoms with E-state index in [4.69, 9.17) is 0 Å². The highest BCUT2D eigenvalue weighted by molar-refractivity contribution is 7.29. The van der Waals surface area contributed by atoms with Gasteiger partial charge in [-0.15, -0.1) is 0 Å². The summed E-state index contributed by atoms with van der Waals surface area (Å²) in [4.78, 5) is 7.32. The lowest BCUT2D eigenvalue weighted by atomic mass is 9.35. The Balaban J connectivity index is 1.22. The van der Waals surface area contributed by atoms with E-state index in [1.165, 1.54) is 129 Å². The monoisotopic (exact) mass is 1040 g/mol. The van der Waals surface area contributed by atoms with Gasteiger partial charge in [-0.2, -0.15) is 11.3 Å². The van der Waals surface area contributed by atoms with E-state index in [0.29, 0.717) is 5.92 Å². The minimum atomic E-state index is -1.55. The molecule has 2 aliphatic heterocycles. The highest BCUT2D eigenvalue weighted by Crippen LogP contribution is 2.65. The Morgan fingerprint density at radius 2 is 1.08 bits per heavy atom. The number of anilines is 5. The molecule has 0 amide bonds. The van der Waals surface area contributed by atoms with Crippen LogP contribution in [0.3, 0.4) is 0 Å². The highest BCUT2D eigenvalue weighted by atomic mass is 32.1. The second kappa shape index (κ2) is 16.1. The van der Waals surface area contributed by atoms with Gasteiger partial charge in [0.1, 0.15) is 0 Å². The van der Waals surface area contributed by atoms with Crippen molar-refractivity contribution in [3.05, 3.63) is 128 Å². The molecule has 2 nitrogen and oxygen atoms in total. The van der Waals surface area contributed by atoms with E-state index in [9.17, 15) is 0 Å². The number of rotatable bonds is 4. The van der Waals surface area contributed by atoms with Crippen molar-refractivity contribution >= 4 is 81.0 Å². The van der Waals surface area contributed by atoms with Gasteiger partial charge in [-0.05, 0) is 193 Å². The quantitative estimate of drug-likeness (QED) is 0.162. The summed E-state index contributed by atoms with van der Waals surface area (Å²) in [5.74, 6) is 0.346. The summed E-state index contributed by atoms with van der Waals surface area (Å²) in [7, 11) is -1.55. The fourth-order valence-electron chi connectivity index (χ4n) is 16.4. The third-order valence-corrected chi connectivity index (χ3v) is 26.1. The van der Waals surface area contributed by atoms with Crippen LogP contribution in [0.15, 0.2) is 84.6 Å². The van der Waals surface area contributed by atoms with E-state index >= 15 is 0 Å². The van der Waals surface area contributed by atoms with E-state index in [-0.39, 0.29) is 55.4 Å². The maximum Gasteiger partial charge on any atom is 0.264 e. The molecule has 4 aromatic carbocycles. The normalized spacial score (nSPS) is 26.1. The van der Waals surface area contributed by atoms with Crippen LogP contribution in [0, 0.1) is 29.1 Å². The molecule has 400 valence electrons. The van der Waals surface area contributed by atoms with Crippen molar-refractivity contribution in [3.8, 4) is 0 Å². The lowest BCUT2D eigenvalue weighted by Crippen LogP contribution is -2.61. The highest BCUT2D eigenvalue weighted by Gasteiger charge is 2.58. The molecule has 0 radical (unpaired) electrons. The van der Waals surface area contributed by atoms with Gasteiger partial charge in [-0.1, -0.05) is 191 Å². The van der Waals surface area contributed by atoms with Gasteiger partial charge in [0.25, 0.3) is 6.71 Å². The van der Waals surface area contributed by atoms with Gasteiger partial charge in [0.2, 0.25) is 0 Å². The van der Waals surface area contributed by atoms with Gasteiger partial charge in [0.15, 0.2) is 0 Å². The third kappa shape index (κ3) is 7.47. The molecule has 0 saturated heterocycles. The van der Waals surface area contributed by atoms with Crippen LogP contribution < -0.4 is 30.7 Å². The molecule has 2 unspecified atom stereocenters. The van der Waals surface area contributed by atoms with Gasteiger partial charge in [-0.3, -0.25) is 0 Å². The SMILES string of the molecule is Cc1cc2c3c(c1)N(c1ccc4c(c1)C(C)(C)CCC4(C)C)c1c(sc4c1C(C)(C)CCC4(C)C)B3c1cc3c(cc1N2C1=CC2C(C)(C)CCC(C)(C)C2(C)C=C1c1ccc([Si](C)(C)C)cc1)C(C)(C)CCC3(C)C. The van der Waals surface area contributed by atoms with Crippen molar-refractivity contribution in [2.45, 2.75) is 228 Å². The van der Waals surface area contributed by atoms with E-state index in [0.717, 1.165) is 0 Å². The molecule has 0 bridgehead atoms. The summed E-state index contributed by atoms with van der Waals surface area (Å²) in [6.07, 6.45) is 15.3. The van der Waals surface area contributed by atoms with Crippen LogP contribution in [0.25, 0.3) is 5.57 Å². The van der Waals surface area contributed by atoms with Crippen LogP contribution >= 0.6 is 11.3 Å². The standard InChI is InChI=1S/C71H93BN2SSi/c1-43-36-55-59-56(37-43)74(53-41-57-67(10,11)34-35-70(16,17)71(57,18)42-47(53)44-22-25-46(26-23-44)76(19,20)21)54-40-51-50(65(6,7)30-31-66(51,8)9)39-52(54)72(59)62-60(58-61(75-62)69(14,15)33-32-68(58,12)13)73(55)45-24-27-48-49(38-45)64(4,5)29-28-63(48,2)3/h22-27,36-42,57H,28-35H2,1-21H3. The van der Waals surface area contributed by atoms with Crippen molar-refractivity contribution in [2.75, 3.05) is 9.80 Å². The summed E-state index contributed by atoms with van der Waals surface area (Å²) in [5.41, 5.74) is 23.7. The predicted octanol–water partition coefficient (Wildman–Crippen LogP) is 17.8. The largest absolute Gasteiger partial charge is 0.311 e. The number of fused-ring (bicyclic) bond motifs is 9. The van der Waals surface area contributed by atoms with Crippen LogP contribution in [-0.4, -0.2) is 14.8 Å². The number of nitrogens with zero attached hydrogens (tertiary/aromatic N) is 2. The van der Waals surface area contributed by atoms with Gasteiger partial charge in [0, 0.05) is 43.7 Å². The average molecular weight is 1050 g/mol. The molecule has 12 rings (SSSR count). The van der Waals surface area contributed by atoms with Crippen LogP contribution in [0.2, 0.25) is 19.6 Å². The summed E-state index contributed by atoms with van der Waals surface area (Å²) < 4.78 is 1.55. The Morgan fingerprint density at radius 3 is 1.68 bits per heavy atom. The predicted molar refractivity (Wildman–Crippen MR) is 337 cm³/mol. The third-order valence-electron chi connectivity index (χ3n) is 22.4. The topological polar surface area (TPSA) is 6.48 Å². The van der Waals surface area contributed by atoms with Crippen molar-refractivity contribution in [3.63, 3.8) is 0 Å². The van der Waals surface area contributed by atoms with Crippen LogP contribution in [0.5, 0.6) is 0 Å². The molecule has 0 N–H and O–H groups in total. The van der Waals surface area contributed by atoms with Gasteiger partial charge < -0.3 is 9.80 Å². The molecule has 1 fully saturated rings. The molecule has 7 aliphatic rings. The van der Waals surface area contributed by atoms with E-state index in [1.54, 1.807) is 26.3 Å². The number of hydrogen-bond acceptors (Lipinski definition) is 3. The first-order valence-corrected chi connectivity index (χ1v) is 34.2. The summed E-state index contributed by atoms with van der Waals surface area (Å²) in [6, 6.07) is 28.5. The Labute approximate surface area is 466 Å². The zero-order valence-electron chi connectivity index (χ0n) is 51.1. The van der Waals surface area contributed by atoms with Crippen molar-refractivity contribution in [2.24, 2.45) is 22.2 Å². The fourth-order valence-corrected chi connectivity index (χ4v) is 19.3. The van der Waals surface area contributed by atoms with Crippen molar-refractivity contribution < 1.29 is 0 Å². The molecular formula is C71H93BN2SSi. The number of hydrogen-bond donors (Lipinski definition) is 0. The Kier molecular flexibility index (Phi) is 11.1. The van der Waals surface area contributed by atoms with E-state index in [2.05, 4.69) is 244 Å². The number of thiophene rings is 1. The number of aryl methyl sites for hydroxylation is 1. The molecular weight excluding hydrogens is 952 g/mol. The number of allylic oxidation sites excluding steroid dienone is 3. The average Bonchev–Trinajstić information content (AvgIpc) is 3.85. The van der Waals surface area contributed by atoms with E-state index < -0.39 is 8.07 Å². The summed E-state index contributed by atoms with van der Waals surface area (Å²) >= 11 is 2.19. The minimum absolute atomic E-state index is 0.0169. The summed E-state index contributed by atoms with van der Waals surface area (Å²) in [6.45, 7) is 53.3. The van der Waals surface area contributed by atoms with E-state index in [1.807, 2.05) is 0 Å². The minimum Gasteiger partial charge on any atom is -0.311 e. The first-order chi connectivity index (χ1) is 35.0. The Morgan fingerprint density at radius 1 is 0.539 bits per heavy atom. The molecule has 1 saturated carbocycles. The van der Waals surface area contributed by atoms with Crippen molar-refractivity contribution in [1.29, 1.82) is 0 Å². The first-order valence-electron chi connectivity index (χ1n) is 29.8. The maximum absolute atomic E-state index is 2.87. The molecule has 2 atom stereocenters. The molecule has 76 heavy (non-hydrogen) atoms. The smallest absolute Gasteiger partial charge is 0.264 e. The number of benzene rings is 4. The van der Waals surface area contributed by atoms with Crippen LogP contribution in [0.1, 0.15) is 213 Å². The molecule has 5 heteroatoms. The zero-order valence-corrected chi connectivity index (χ0v) is 52.9. The Bertz CT molecular complexity index is 3360. The van der Waals surface area contributed by atoms with Gasteiger partial charge >= 0.3 is 0 Å². The second-order valence-corrected chi connectivity index (χ2v) is 38.5. The fraction of sp³-hybridized carbons (Fsp3) is 0.549. The molecule has 5 aromatic rings. The lowest BCUT2D eigenvalue weighted by molar-refractivity contribution is -0.0389. The van der Waals surface area contributed by atoms with Crippen molar-refractivity contribution in [1.82, 2.24) is 0 Å². The van der Waals surface area contributed by atoms with Crippen LogP contribution in [0.4, 0.5) is 28.4 Å².